The van der Waals surface area contributed by atoms with Gasteiger partial charge >= 0.3 is 0 Å². The standard InChI is InChI=1S/C13H18ClNO3/c1-10(15(6-8-16)7-9-17)13(18)11-2-4-12(14)5-3-11/h2-5,10,16-17H,6-9H2,1H3. The molecule has 0 radical (unpaired) electrons. The second-order valence-electron chi connectivity index (χ2n) is 4.03. The number of carbonyl (C=O) groups is 1. The summed E-state index contributed by atoms with van der Waals surface area (Å²) in [6.45, 7) is 2.40. The maximum Gasteiger partial charge on any atom is 0.179 e. The summed E-state index contributed by atoms with van der Waals surface area (Å²) in [4.78, 5) is 13.9. The molecule has 0 amide bonds. The van der Waals surface area contributed by atoms with Gasteiger partial charge in [0.15, 0.2) is 5.78 Å². The molecule has 2 N–H and O–H groups in total. The van der Waals surface area contributed by atoms with Crippen molar-refractivity contribution >= 4 is 17.4 Å². The van der Waals surface area contributed by atoms with Crippen molar-refractivity contribution in [3.63, 3.8) is 0 Å². The maximum absolute atomic E-state index is 12.2. The van der Waals surface area contributed by atoms with Crippen LogP contribution in [0.4, 0.5) is 0 Å². The molecule has 100 valence electrons. The van der Waals surface area contributed by atoms with Crippen LogP contribution < -0.4 is 0 Å². The van der Waals surface area contributed by atoms with Crippen molar-refractivity contribution in [2.24, 2.45) is 0 Å². The van der Waals surface area contributed by atoms with Gasteiger partial charge in [0.1, 0.15) is 0 Å². The van der Waals surface area contributed by atoms with Gasteiger partial charge in [-0.25, -0.2) is 0 Å². The Labute approximate surface area is 112 Å². The Morgan fingerprint density at radius 2 is 1.72 bits per heavy atom. The van der Waals surface area contributed by atoms with E-state index in [2.05, 4.69) is 0 Å². The Bertz CT molecular complexity index is 374. The lowest BCUT2D eigenvalue weighted by molar-refractivity contribution is 0.0769. The topological polar surface area (TPSA) is 60.8 Å². The Morgan fingerprint density at radius 1 is 1.22 bits per heavy atom. The molecule has 1 atom stereocenters. The molecule has 0 aliphatic carbocycles. The minimum absolute atomic E-state index is 0.0434. The number of aliphatic hydroxyl groups excluding tert-OH is 2. The van der Waals surface area contributed by atoms with E-state index in [1.807, 2.05) is 0 Å². The summed E-state index contributed by atoms with van der Waals surface area (Å²) < 4.78 is 0. The van der Waals surface area contributed by atoms with Gasteiger partial charge in [0.2, 0.25) is 0 Å². The molecule has 0 bridgehead atoms. The van der Waals surface area contributed by atoms with Crippen molar-refractivity contribution in [1.29, 1.82) is 0 Å². The van der Waals surface area contributed by atoms with Gasteiger partial charge < -0.3 is 10.2 Å². The first kappa shape index (κ1) is 15.1. The van der Waals surface area contributed by atoms with Gasteiger partial charge in [-0.15, -0.1) is 0 Å². The summed E-state index contributed by atoms with van der Waals surface area (Å²) in [7, 11) is 0. The van der Waals surface area contributed by atoms with E-state index in [4.69, 9.17) is 21.8 Å². The van der Waals surface area contributed by atoms with E-state index in [0.717, 1.165) is 0 Å². The third kappa shape index (κ3) is 4.07. The average Bonchev–Trinajstić information content (AvgIpc) is 2.38. The second kappa shape index (κ2) is 7.48. The monoisotopic (exact) mass is 271 g/mol. The largest absolute Gasteiger partial charge is 0.395 e. The van der Waals surface area contributed by atoms with Crippen LogP contribution >= 0.6 is 11.6 Å². The number of halogens is 1. The van der Waals surface area contributed by atoms with Crippen LogP contribution in [-0.4, -0.2) is 53.2 Å². The Kier molecular flexibility index (Phi) is 6.29. The SMILES string of the molecule is CC(C(=O)c1ccc(Cl)cc1)N(CCO)CCO. The van der Waals surface area contributed by atoms with Crippen molar-refractivity contribution in [3.8, 4) is 0 Å². The van der Waals surface area contributed by atoms with E-state index in [1.54, 1.807) is 36.1 Å². The molecule has 18 heavy (non-hydrogen) atoms. The number of carbonyl (C=O) groups excluding carboxylic acids is 1. The number of benzene rings is 1. The Morgan fingerprint density at radius 3 is 2.17 bits per heavy atom. The van der Waals surface area contributed by atoms with Crippen LogP contribution in [0.25, 0.3) is 0 Å². The highest BCUT2D eigenvalue weighted by Crippen LogP contribution is 2.13. The quantitative estimate of drug-likeness (QED) is 0.732. The van der Waals surface area contributed by atoms with Gasteiger partial charge in [0.25, 0.3) is 0 Å². The molecular weight excluding hydrogens is 254 g/mol. The van der Waals surface area contributed by atoms with Crippen molar-refractivity contribution < 1.29 is 15.0 Å². The maximum atomic E-state index is 12.2. The van der Waals surface area contributed by atoms with E-state index in [-0.39, 0.29) is 25.0 Å². The zero-order valence-electron chi connectivity index (χ0n) is 10.3. The van der Waals surface area contributed by atoms with Gasteiger partial charge in [-0.2, -0.15) is 0 Å². The average molecular weight is 272 g/mol. The Balaban J connectivity index is 2.77. The number of rotatable bonds is 7. The summed E-state index contributed by atoms with van der Waals surface area (Å²) in [5.41, 5.74) is 0.577. The molecule has 0 saturated carbocycles. The molecule has 0 fully saturated rings. The van der Waals surface area contributed by atoms with Crippen LogP contribution in [0.1, 0.15) is 17.3 Å². The van der Waals surface area contributed by atoms with E-state index in [9.17, 15) is 4.79 Å². The summed E-state index contributed by atoms with van der Waals surface area (Å²) in [6.07, 6.45) is 0. The predicted molar refractivity (Wildman–Crippen MR) is 71.0 cm³/mol. The fraction of sp³-hybridized carbons (Fsp3) is 0.462. The van der Waals surface area contributed by atoms with Gasteiger partial charge in [-0.05, 0) is 31.2 Å². The molecule has 0 aromatic heterocycles. The van der Waals surface area contributed by atoms with E-state index in [0.29, 0.717) is 23.7 Å². The van der Waals surface area contributed by atoms with Gasteiger partial charge in [-0.1, -0.05) is 11.6 Å². The van der Waals surface area contributed by atoms with Crippen LogP contribution in [0.3, 0.4) is 0 Å². The summed E-state index contributed by atoms with van der Waals surface area (Å²) in [6, 6.07) is 6.31. The van der Waals surface area contributed by atoms with Crippen LogP contribution in [0.15, 0.2) is 24.3 Å². The highest BCUT2D eigenvalue weighted by Gasteiger charge is 2.21. The molecule has 1 aromatic rings. The van der Waals surface area contributed by atoms with Crippen molar-refractivity contribution in [3.05, 3.63) is 34.9 Å². The minimum Gasteiger partial charge on any atom is -0.395 e. The van der Waals surface area contributed by atoms with Gasteiger partial charge in [0.05, 0.1) is 19.3 Å². The van der Waals surface area contributed by atoms with Crippen LogP contribution in [0.2, 0.25) is 5.02 Å². The van der Waals surface area contributed by atoms with E-state index in [1.165, 1.54) is 0 Å². The molecule has 1 rings (SSSR count). The number of nitrogens with zero attached hydrogens (tertiary/aromatic N) is 1. The van der Waals surface area contributed by atoms with Crippen LogP contribution in [0.5, 0.6) is 0 Å². The van der Waals surface area contributed by atoms with E-state index >= 15 is 0 Å². The fourth-order valence-electron chi connectivity index (χ4n) is 1.78. The molecule has 4 nitrogen and oxygen atoms in total. The molecule has 0 aliphatic rings. The first-order valence-corrected chi connectivity index (χ1v) is 6.23. The third-order valence-electron chi connectivity index (χ3n) is 2.83. The molecular formula is C13H18ClNO3. The zero-order valence-corrected chi connectivity index (χ0v) is 11.1. The first-order chi connectivity index (χ1) is 8.60. The lowest BCUT2D eigenvalue weighted by Gasteiger charge is -2.26. The zero-order chi connectivity index (χ0) is 13.5. The minimum atomic E-state index is -0.384. The van der Waals surface area contributed by atoms with Crippen molar-refractivity contribution in [2.75, 3.05) is 26.3 Å². The third-order valence-corrected chi connectivity index (χ3v) is 3.08. The molecule has 0 saturated heterocycles. The highest BCUT2D eigenvalue weighted by molar-refractivity contribution is 6.30. The molecule has 1 unspecified atom stereocenters. The molecule has 0 aliphatic heterocycles. The number of aliphatic hydroxyl groups is 2. The molecule has 0 heterocycles. The van der Waals surface area contributed by atoms with Crippen molar-refractivity contribution in [2.45, 2.75) is 13.0 Å². The van der Waals surface area contributed by atoms with Gasteiger partial charge in [0, 0.05) is 23.7 Å². The molecule has 5 heteroatoms. The number of ketones is 1. The second-order valence-corrected chi connectivity index (χ2v) is 4.47. The smallest absolute Gasteiger partial charge is 0.179 e. The van der Waals surface area contributed by atoms with E-state index < -0.39 is 0 Å². The number of hydrogen-bond donors (Lipinski definition) is 2. The number of Topliss-reactive ketones (excluding diaryl/α,β-unsaturated/α-hetero) is 1. The predicted octanol–water partition coefficient (Wildman–Crippen LogP) is 1.20. The normalized spacial score (nSPS) is 12.7. The fourth-order valence-corrected chi connectivity index (χ4v) is 1.90. The van der Waals surface area contributed by atoms with Crippen molar-refractivity contribution in [1.82, 2.24) is 4.90 Å². The lowest BCUT2D eigenvalue weighted by Crippen LogP contribution is -2.42. The summed E-state index contributed by atoms with van der Waals surface area (Å²) in [5.74, 6) is -0.0476. The Hall–Kier alpha value is -0.940. The summed E-state index contributed by atoms with van der Waals surface area (Å²) >= 11 is 5.77. The highest BCUT2D eigenvalue weighted by atomic mass is 35.5. The summed E-state index contributed by atoms with van der Waals surface area (Å²) in [5, 5.41) is 18.5. The van der Waals surface area contributed by atoms with Crippen LogP contribution in [0, 0.1) is 0 Å². The van der Waals surface area contributed by atoms with Gasteiger partial charge in [-0.3, -0.25) is 9.69 Å². The lowest BCUT2D eigenvalue weighted by atomic mass is 10.0. The molecule has 0 spiro atoms. The van der Waals surface area contributed by atoms with Crippen LogP contribution in [-0.2, 0) is 0 Å². The first-order valence-electron chi connectivity index (χ1n) is 5.85. The number of hydrogen-bond acceptors (Lipinski definition) is 4. The molecule has 1 aromatic carbocycles.